The Balaban J connectivity index is 1.79. The second-order valence-electron chi connectivity index (χ2n) is 11.2. The van der Waals surface area contributed by atoms with Crippen LogP contribution in [0.25, 0.3) is 0 Å². The molecule has 2 heterocycles. The van der Waals surface area contributed by atoms with Crippen LogP contribution in [0.2, 0.25) is 18.1 Å². The molecule has 0 aliphatic carbocycles. The summed E-state index contributed by atoms with van der Waals surface area (Å²) in [5, 5.41) is 3.23. The van der Waals surface area contributed by atoms with Crippen LogP contribution in [0.3, 0.4) is 0 Å². The van der Waals surface area contributed by atoms with Crippen molar-refractivity contribution in [1.29, 1.82) is 0 Å². The average molecular weight is 431 g/mol. The largest absolute Gasteiger partial charge is 0.494 e. The maximum absolute atomic E-state index is 12.4. The van der Waals surface area contributed by atoms with Gasteiger partial charge in [0.25, 0.3) is 5.91 Å². The summed E-state index contributed by atoms with van der Waals surface area (Å²) in [6.45, 7) is 20.9. The van der Waals surface area contributed by atoms with Crippen molar-refractivity contribution >= 4 is 26.8 Å². The van der Waals surface area contributed by atoms with Gasteiger partial charge in [-0.1, -0.05) is 32.9 Å². The van der Waals surface area contributed by atoms with Gasteiger partial charge in [-0.15, -0.1) is 0 Å². The van der Waals surface area contributed by atoms with Crippen LogP contribution in [0.4, 0.5) is 0 Å². The minimum absolute atomic E-state index is 0.00738. The molecule has 2 aliphatic heterocycles. The van der Waals surface area contributed by atoms with Crippen molar-refractivity contribution in [1.82, 2.24) is 5.32 Å². The lowest BCUT2D eigenvalue weighted by Crippen LogP contribution is -2.42. The van der Waals surface area contributed by atoms with Crippen LogP contribution in [0.5, 0.6) is 0 Å². The Bertz CT molecular complexity index is 800. The SMILES string of the molecule is CC1(C)OB(c2ccc3c(c2)C(CCO[Si](C)(C)C(C)(C)C)CNC3=O)OC1(C)C. The predicted molar refractivity (Wildman–Crippen MR) is 125 cm³/mol. The molecule has 0 radical (unpaired) electrons. The van der Waals surface area contributed by atoms with Gasteiger partial charge < -0.3 is 19.1 Å². The minimum Gasteiger partial charge on any atom is -0.417 e. The van der Waals surface area contributed by atoms with Gasteiger partial charge in [0.2, 0.25) is 0 Å². The fraction of sp³-hybridized carbons (Fsp3) is 0.696. The third-order valence-electron chi connectivity index (χ3n) is 7.53. The van der Waals surface area contributed by atoms with Crippen LogP contribution < -0.4 is 10.8 Å². The third kappa shape index (κ3) is 4.40. The van der Waals surface area contributed by atoms with Crippen molar-refractivity contribution in [2.75, 3.05) is 13.2 Å². The van der Waals surface area contributed by atoms with Crippen LogP contribution >= 0.6 is 0 Å². The van der Waals surface area contributed by atoms with Crippen molar-refractivity contribution < 1.29 is 18.5 Å². The molecule has 2 aliphatic rings. The lowest BCUT2D eigenvalue weighted by Gasteiger charge is -2.37. The number of hydrogen-bond acceptors (Lipinski definition) is 4. The summed E-state index contributed by atoms with van der Waals surface area (Å²) in [4.78, 5) is 12.4. The van der Waals surface area contributed by atoms with Gasteiger partial charge in [0.05, 0.1) is 11.2 Å². The zero-order chi connectivity index (χ0) is 22.5. The van der Waals surface area contributed by atoms with Gasteiger partial charge in [0.15, 0.2) is 8.32 Å². The van der Waals surface area contributed by atoms with Crippen LogP contribution in [0.15, 0.2) is 18.2 Å². The summed E-state index contributed by atoms with van der Waals surface area (Å²) in [5.74, 6) is 0.219. The highest BCUT2D eigenvalue weighted by Crippen LogP contribution is 2.38. The van der Waals surface area contributed by atoms with E-state index >= 15 is 0 Å². The lowest BCUT2D eigenvalue weighted by molar-refractivity contribution is 0.00578. The molecule has 3 rings (SSSR count). The van der Waals surface area contributed by atoms with Gasteiger partial charge in [-0.05, 0) is 69.3 Å². The summed E-state index contributed by atoms with van der Waals surface area (Å²) < 4.78 is 18.8. The van der Waals surface area contributed by atoms with Crippen molar-refractivity contribution in [2.45, 2.75) is 90.1 Å². The van der Waals surface area contributed by atoms with Gasteiger partial charge in [-0.25, -0.2) is 0 Å². The summed E-state index contributed by atoms with van der Waals surface area (Å²) in [7, 11) is -2.21. The Morgan fingerprint density at radius 2 is 1.77 bits per heavy atom. The van der Waals surface area contributed by atoms with E-state index in [0.717, 1.165) is 23.0 Å². The van der Waals surface area contributed by atoms with Gasteiger partial charge >= 0.3 is 7.12 Å². The molecule has 0 spiro atoms. The first-order valence-electron chi connectivity index (χ1n) is 11.1. The molecule has 1 unspecified atom stereocenters. The van der Waals surface area contributed by atoms with Crippen LogP contribution in [-0.2, 0) is 13.7 Å². The molecule has 0 bridgehead atoms. The second-order valence-corrected chi connectivity index (χ2v) is 16.0. The minimum atomic E-state index is -1.79. The lowest BCUT2D eigenvalue weighted by atomic mass is 9.75. The molecule has 1 atom stereocenters. The maximum atomic E-state index is 12.4. The molecule has 1 amide bonds. The molecule has 30 heavy (non-hydrogen) atoms. The van der Waals surface area contributed by atoms with Crippen molar-refractivity contribution in [3.8, 4) is 0 Å². The summed E-state index contributed by atoms with van der Waals surface area (Å²) >= 11 is 0. The predicted octanol–water partition coefficient (Wildman–Crippen LogP) is 4.22. The number of rotatable bonds is 5. The molecular formula is C23H38BNO4Si. The highest BCUT2D eigenvalue weighted by molar-refractivity contribution is 6.74. The smallest absolute Gasteiger partial charge is 0.417 e. The Kier molecular flexibility index (Phi) is 6.09. The van der Waals surface area contributed by atoms with E-state index in [2.05, 4.69) is 72.9 Å². The first-order valence-corrected chi connectivity index (χ1v) is 14.0. The Morgan fingerprint density at radius 1 is 1.17 bits per heavy atom. The van der Waals surface area contributed by atoms with E-state index in [4.69, 9.17) is 13.7 Å². The quantitative estimate of drug-likeness (QED) is 0.710. The molecule has 1 saturated heterocycles. The zero-order valence-corrected chi connectivity index (χ0v) is 21.1. The monoisotopic (exact) mass is 431 g/mol. The average Bonchev–Trinajstić information content (AvgIpc) is 2.83. The van der Waals surface area contributed by atoms with Crippen molar-refractivity contribution in [3.05, 3.63) is 29.3 Å². The zero-order valence-electron chi connectivity index (χ0n) is 20.1. The fourth-order valence-electron chi connectivity index (χ4n) is 3.60. The molecule has 0 aromatic heterocycles. The van der Waals surface area contributed by atoms with Crippen LogP contribution in [-0.4, -0.2) is 45.7 Å². The number of benzene rings is 1. The standard InChI is InChI=1S/C23H38BNO4Si/c1-21(2,3)30(8,9)27-13-12-16-15-25-20(26)18-11-10-17(14-19(16)18)24-28-22(4,5)23(6,7)29-24/h10-11,14,16H,12-13,15H2,1-9H3,(H,25,26). The molecule has 7 heteroatoms. The van der Waals surface area contributed by atoms with Gasteiger partial charge in [-0.2, -0.15) is 0 Å². The Hall–Kier alpha value is -1.15. The number of hydrogen-bond donors (Lipinski definition) is 1. The van der Waals surface area contributed by atoms with E-state index in [1.807, 2.05) is 12.1 Å². The molecule has 1 fully saturated rings. The number of carbonyl (C=O) groups excluding carboxylic acids is 1. The fourth-order valence-corrected chi connectivity index (χ4v) is 4.66. The number of fused-ring (bicyclic) bond motifs is 1. The second kappa shape index (κ2) is 7.77. The van der Waals surface area contributed by atoms with Crippen molar-refractivity contribution in [2.24, 2.45) is 0 Å². The van der Waals surface area contributed by atoms with E-state index < -0.39 is 15.4 Å². The van der Waals surface area contributed by atoms with Gasteiger partial charge in [0, 0.05) is 24.6 Å². The van der Waals surface area contributed by atoms with E-state index in [1.165, 1.54) is 0 Å². The number of carbonyl (C=O) groups is 1. The van der Waals surface area contributed by atoms with Crippen molar-refractivity contribution in [3.63, 3.8) is 0 Å². The molecule has 1 N–H and O–H groups in total. The first kappa shape index (κ1) is 23.5. The topological polar surface area (TPSA) is 56.8 Å². The van der Waals surface area contributed by atoms with Crippen LogP contribution in [0, 0.1) is 0 Å². The van der Waals surface area contributed by atoms with E-state index in [1.54, 1.807) is 0 Å². The molecule has 1 aromatic rings. The Labute approximate surface area is 183 Å². The Morgan fingerprint density at radius 3 is 2.33 bits per heavy atom. The summed E-state index contributed by atoms with van der Waals surface area (Å²) in [5.41, 5.74) is 2.02. The third-order valence-corrected chi connectivity index (χ3v) is 12.1. The highest BCUT2D eigenvalue weighted by Gasteiger charge is 2.52. The van der Waals surface area contributed by atoms with Gasteiger partial charge in [0.1, 0.15) is 0 Å². The van der Waals surface area contributed by atoms with Gasteiger partial charge in [-0.3, -0.25) is 4.79 Å². The normalized spacial score (nSPS) is 23.3. The molecule has 1 aromatic carbocycles. The molecular weight excluding hydrogens is 393 g/mol. The molecule has 5 nitrogen and oxygen atoms in total. The number of amides is 1. The first-order chi connectivity index (χ1) is 13.6. The summed E-state index contributed by atoms with van der Waals surface area (Å²) in [6.07, 6.45) is 0.882. The summed E-state index contributed by atoms with van der Waals surface area (Å²) in [6, 6.07) is 5.97. The van der Waals surface area contributed by atoms with E-state index in [0.29, 0.717) is 13.2 Å². The van der Waals surface area contributed by atoms with Crippen LogP contribution in [0.1, 0.15) is 76.7 Å². The number of nitrogens with one attached hydrogen (secondary N) is 1. The molecule has 0 saturated carbocycles. The highest BCUT2D eigenvalue weighted by atomic mass is 28.4. The maximum Gasteiger partial charge on any atom is 0.494 e. The van der Waals surface area contributed by atoms with E-state index in [-0.39, 0.29) is 28.1 Å². The van der Waals surface area contributed by atoms with E-state index in [9.17, 15) is 4.79 Å². The molecule has 166 valence electrons.